The smallest absolute Gasteiger partial charge is 0.333 e. The van der Waals surface area contributed by atoms with Crippen molar-refractivity contribution < 1.29 is 5.11 Å². The summed E-state index contributed by atoms with van der Waals surface area (Å²) < 4.78 is 1.88. The number of anilines is 1. The van der Waals surface area contributed by atoms with Crippen molar-refractivity contribution in [2.45, 2.75) is 25.8 Å². The molecule has 1 aromatic heterocycles. The van der Waals surface area contributed by atoms with E-state index in [-0.39, 0.29) is 5.56 Å². The summed E-state index contributed by atoms with van der Waals surface area (Å²) in [4.78, 5) is 24.3. The monoisotopic (exact) mass is 471 g/mol. The fourth-order valence-corrected chi connectivity index (χ4v) is 3.78. The van der Waals surface area contributed by atoms with Gasteiger partial charge in [0, 0.05) is 37.9 Å². The van der Waals surface area contributed by atoms with Crippen molar-refractivity contribution in [3.05, 3.63) is 110 Å². The third kappa shape index (κ3) is 4.81. The molecule has 0 saturated heterocycles. The number of benzene rings is 1. The zero-order valence-corrected chi connectivity index (χ0v) is 20.3. The van der Waals surface area contributed by atoms with Crippen LogP contribution in [-0.4, -0.2) is 14.2 Å². The van der Waals surface area contributed by atoms with Gasteiger partial charge in [-0.3, -0.25) is 13.9 Å². The molecule has 2 aromatic rings. The van der Waals surface area contributed by atoms with E-state index in [0.29, 0.717) is 17.7 Å². The highest BCUT2D eigenvalue weighted by Gasteiger charge is 2.27. The van der Waals surface area contributed by atoms with Crippen molar-refractivity contribution in [3.63, 3.8) is 0 Å². The molecule has 1 aliphatic rings. The Labute approximate surface area is 203 Å². The van der Waals surface area contributed by atoms with Crippen LogP contribution in [0.2, 0.25) is 0 Å². The van der Waals surface area contributed by atoms with Gasteiger partial charge in [0.05, 0.1) is 11.6 Å². The van der Waals surface area contributed by atoms with Crippen molar-refractivity contribution in [2.24, 2.45) is 19.8 Å². The van der Waals surface area contributed by atoms with Crippen molar-refractivity contribution >= 4 is 11.8 Å². The molecule has 180 valence electrons. The van der Waals surface area contributed by atoms with Gasteiger partial charge in [0.25, 0.3) is 5.56 Å². The molecule has 0 fully saturated rings. The first-order valence-corrected chi connectivity index (χ1v) is 11.0. The first kappa shape index (κ1) is 25.3. The number of nitriles is 1. The molecule has 2 heterocycles. The Morgan fingerprint density at radius 1 is 1.29 bits per heavy atom. The zero-order chi connectivity index (χ0) is 25.9. The molecule has 4 N–H and O–H groups in total. The Balaban J connectivity index is 2.04. The van der Waals surface area contributed by atoms with E-state index in [2.05, 4.69) is 37.9 Å². The van der Waals surface area contributed by atoms with Crippen LogP contribution < -0.4 is 22.3 Å². The van der Waals surface area contributed by atoms with E-state index >= 15 is 0 Å². The van der Waals surface area contributed by atoms with Crippen molar-refractivity contribution in [1.82, 2.24) is 9.13 Å². The summed E-state index contributed by atoms with van der Waals surface area (Å²) in [5.41, 5.74) is 8.78. The molecule has 0 unspecified atom stereocenters. The normalized spacial score (nSPS) is 17.9. The summed E-state index contributed by atoms with van der Waals surface area (Å²) in [6.07, 6.45) is 9.79. The maximum Gasteiger partial charge on any atom is 0.333 e. The Bertz CT molecular complexity index is 1470. The van der Waals surface area contributed by atoms with Crippen molar-refractivity contribution in [1.29, 1.82) is 5.26 Å². The summed E-state index contributed by atoms with van der Waals surface area (Å²) in [6.45, 7) is 8.82. The van der Waals surface area contributed by atoms with Gasteiger partial charge in [-0.25, -0.2) is 4.79 Å². The van der Waals surface area contributed by atoms with Gasteiger partial charge in [-0.1, -0.05) is 44.7 Å². The maximum absolute atomic E-state index is 12.4. The van der Waals surface area contributed by atoms with E-state index in [1.807, 2.05) is 18.2 Å². The molecule has 8 heteroatoms. The third-order valence-electron chi connectivity index (χ3n) is 6.25. The second-order valence-electron chi connectivity index (χ2n) is 8.81. The molecule has 3 rings (SSSR count). The van der Waals surface area contributed by atoms with Gasteiger partial charge in [-0.05, 0) is 46.6 Å². The molecular weight excluding hydrogens is 442 g/mol. The fourth-order valence-electron chi connectivity index (χ4n) is 3.78. The Morgan fingerprint density at radius 3 is 2.66 bits per heavy atom. The van der Waals surface area contributed by atoms with Crippen molar-refractivity contribution in [2.75, 3.05) is 5.32 Å². The Kier molecular flexibility index (Phi) is 7.13. The van der Waals surface area contributed by atoms with Gasteiger partial charge in [-0.15, -0.1) is 0 Å². The van der Waals surface area contributed by atoms with Crippen LogP contribution in [0.25, 0.3) is 6.08 Å². The Hall–Kier alpha value is -4.35. The lowest BCUT2D eigenvalue weighted by molar-refractivity contribution is 0.410. The fraction of sp³-hybridized carbons (Fsp3) is 0.222. The summed E-state index contributed by atoms with van der Waals surface area (Å²) in [5.74, 6) is -0.447. The Morgan fingerprint density at radius 2 is 2.00 bits per heavy atom. The van der Waals surface area contributed by atoms with E-state index < -0.39 is 22.5 Å². The molecule has 0 atom stereocenters. The third-order valence-corrected chi connectivity index (χ3v) is 6.25. The predicted molar refractivity (Wildman–Crippen MR) is 139 cm³/mol. The summed E-state index contributed by atoms with van der Waals surface area (Å²) >= 11 is 0. The predicted octanol–water partition coefficient (Wildman–Crippen LogP) is 3.11. The molecular formula is C27H29N5O3. The average Bonchev–Trinajstić information content (AvgIpc) is 2.89. The lowest BCUT2D eigenvalue weighted by Gasteiger charge is -2.29. The van der Waals surface area contributed by atoms with E-state index in [1.165, 1.54) is 32.3 Å². The molecule has 0 spiro atoms. The lowest BCUT2D eigenvalue weighted by Crippen LogP contribution is -2.37. The minimum atomic E-state index is -0.635. The van der Waals surface area contributed by atoms with Crippen LogP contribution in [0.15, 0.2) is 81.6 Å². The average molecular weight is 472 g/mol. The molecule has 0 radical (unpaired) electrons. The number of aromatic nitrogens is 2. The molecule has 0 bridgehead atoms. The van der Waals surface area contributed by atoms with Crippen molar-refractivity contribution in [3.8, 4) is 11.9 Å². The second kappa shape index (κ2) is 9.87. The molecule has 35 heavy (non-hydrogen) atoms. The van der Waals surface area contributed by atoms with Crippen LogP contribution in [0, 0.1) is 11.3 Å². The molecule has 0 amide bonds. The molecule has 8 nitrogen and oxygen atoms in total. The first-order chi connectivity index (χ1) is 16.5. The number of aromatic hydroxyl groups is 1. The number of hydrogen-bond acceptors (Lipinski definition) is 6. The number of nitrogens with zero attached hydrogens (tertiary/aromatic N) is 3. The van der Waals surface area contributed by atoms with E-state index in [0.717, 1.165) is 31.5 Å². The number of allylic oxidation sites excluding steroid dienone is 7. The largest absolute Gasteiger partial charge is 0.494 e. The number of rotatable bonds is 4. The van der Waals surface area contributed by atoms with Gasteiger partial charge in [0.15, 0.2) is 0 Å². The van der Waals surface area contributed by atoms with Crippen LogP contribution in [-0.2, 0) is 26.1 Å². The summed E-state index contributed by atoms with van der Waals surface area (Å²) in [7, 11) is 2.70. The molecule has 1 aromatic carbocycles. The highest BCUT2D eigenvalue weighted by molar-refractivity contribution is 5.64. The minimum Gasteiger partial charge on any atom is -0.494 e. The summed E-state index contributed by atoms with van der Waals surface area (Å²) in [5, 5.41) is 23.4. The number of nitrogens with one attached hydrogen (secondary N) is 1. The van der Waals surface area contributed by atoms with Gasteiger partial charge in [-0.2, -0.15) is 5.26 Å². The van der Waals surface area contributed by atoms with E-state index in [4.69, 9.17) is 5.73 Å². The molecule has 0 saturated carbocycles. The quantitative estimate of drug-likeness (QED) is 0.465. The van der Waals surface area contributed by atoms with Crippen LogP contribution in [0.5, 0.6) is 5.88 Å². The topological polar surface area (TPSA) is 126 Å². The van der Waals surface area contributed by atoms with Gasteiger partial charge in [0.1, 0.15) is 5.56 Å². The van der Waals surface area contributed by atoms with Crippen LogP contribution >= 0.6 is 0 Å². The zero-order valence-electron chi connectivity index (χ0n) is 20.3. The van der Waals surface area contributed by atoms with Crippen LogP contribution in [0.3, 0.4) is 0 Å². The second-order valence-corrected chi connectivity index (χ2v) is 8.81. The van der Waals surface area contributed by atoms with Crippen LogP contribution in [0.1, 0.15) is 30.5 Å². The maximum atomic E-state index is 12.4. The summed E-state index contributed by atoms with van der Waals surface area (Å²) in [6, 6.07) is 8.18. The lowest BCUT2D eigenvalue weighted by atomic mass is 9.76. The number of hydrogen-bond donors (Lipinski definition) is 3. The highest BCUT2D eigenvalue weighted by atomic mass is 16.3. The first-order valence-electron chi connectivity index (χ1n) is 11.0. The van der Waals surface area contributed by atoms with E-state index in [9.17, 15) is 20.0 Å². The van der Waals surface area contributed by atoms with E-state index in [1.54, 1.807) is 12.3 Å². The SMILES string of the molecule is C=C1/C=C(/C(C#N)=C/C=C/c2c(O)n(C)c(=O)n(C)c2=O)\C=C/Nc2ccc(CN)cc2C1(C)C. The highest BCUT2D eigenvalue weighted by Crippen LogP contribution is 2.38. The number of nitrogens with two attached hydrogens (primary N) is 1. The van der Waals surface area contributed by atoms with Gasteiger partial charge >= 0.3 is 5.69 Å². The van der Waals surface area contributed by atoms with Gasteiger partial charge in [0.2, 0.25) is 5.88 Å². The number of fused-ring (bicyclic) bond motifs is 1. The van der Waals surface area contributed by atoms with Crippen LogP contribution in [0.4, 0.5) is 5.69 Å². The standard InChI is InChI=1S/C27H29N5O3/c1-17-13-19(11-12-30-23-10-9-18(15-28)14-22(23)27(17,2)3)20(16-29)7-6-8-21-24(33)31(4)26(35)32(5)25(21)34/h6-14,30,33H,1,15,28H2,2-5H3/b8-6+,12-11-,19-13+,20-7+. The minimum absolute atomic E-state index is 0.0551. The molecule has 1 aliphatic heterocycles. The van der Waals surface area contributed by atoms with Gasteiger partial charge < -0.3 is 16.2 Å². The molecule has 0 aliphatic carbocycles.